The number of urea groups is 1. The minimum Gasteiger partial charge on any atom is -0.480 e. The summed E-state index contributed by atoms with van der Waals surface area (Å²) in [6.45, 7) is 0.107. The molecule has 0 aliphatic rings. The van der Waals surface area contributed by atoms with E-state index in [1.54, 1.807) is 6.92 Å². The van der Waals surface area contributed by atoms with E-state index in [9.17, 15) is 27.2 Å². The summed E-state index contributed by atoms with van der Waals surface area (Å²) in [6.07, 6.45) is -3.35. The van der Waals surface area contributed by atoms with Gasteiger partial charge in [-0.2, -0.15) is 8.78 Å². The number of carboxylic acids is 1. The largest absolute Gasteiger partial charge is 0.480 e. The van der Waals surface area contributed by atoms with Crippen molar-refractivity contribution in [2.45, 2.75) is 38.2 Å². The molecule has 2 amide bonds. The number of aliphatic carboxylic acids is 1. The molecule has 0 rings (SSSR count). The second-order valence-corrected chi connectivity index (χ2v) is 3.57. The summed E-state index contributed by atoms with van der Waals surface area (Å²) < 4.78 is 48.4. The number of rotatable bonds is 7. The summed E-state index contributed by atoms with van der Waals surface area (Å²) in [6, 6.07) is -2.47. The summed E-state index contributed by atoms with van der Waals surface area (Å²) in [5, 5.41) is 12.1. The number of amides is 2. The molecule has 0 aromatic heterocycles. The van der Waals surface area contributed by atoms with E-state index < -0.39 is 36.9 Å². The fraction of sp³-hybridized carbons (Fsp3) is 0.778. The number of alkyl halides is 4. The Morgan fingerprint density at radius 1 is 1.33 bits per heavy atom. The highest BCUT2D eigenvalue weighted by Gasteiger charge is 2.41. The Kier molecular flexibility index (Phi) is 6.42. The zero-order valence-electron chi connectivity index (χ0n) is 9.55. The molecular formula is C9H14F4N2O3. The fourth-order valence-corrected chi connectivity index (χ4v) is 1.03. The van der Waals surface area contributed by atoms with Gasteiger partial charge in [0.05, 0.1) is 6.54 Å². The van der Waals surface area contributed by atoms with Crippen LogP contribution in [0.4, 0.5) is 22.4 Å². The highest BCUT2D eigenvalue weighted by Crippen LogP contribution is 2.21. The van der Waals surface area contributed by atoms with E-state index in [0.717, 1.165) is 0 Å². The van der Waals surface area contributed by atoms with Crippen molar-refractivity contribution in [3.8, 4) is 0 Å². The summed E-state index contributed by atoms with van der Waals surface area (Å²) in [4.78, 5) is 21.7. The Labute approximate surface area is 101 Å². The van der Waals surface area contributed by atoms with Crippen molar-refractivity contribution in [2.24, 2.45) is 0 Å². The lowest BCUT2D eigenvalue weighted by Gasteiger charge is -2.18. The zero-order valence-corrected chi connectivity index (χ0v) is 9.55. The van der Waals surface area contributed by atoms with Gasteiger partial charge in [-0.3, -0.25) is 0 Å². The molecule has 0 bridgehead atoms. The van der Waals surface area contributed by atoms with Crippen LogP contribution < -0.4 is 10.6 Å². The van der Waals surface area contributed by atoms with Crippen LogP contribution in [0.3, 0.4) is 0 Å². The minimum atomic E-state index is -4.35. The van der Waals surface area contributed by atoms with Crippen LogP contribution in [0.2, 0.25) is 0 Å². The van der Waals surface area contributed by atoms with Crippen molar-refractivity contribution >= 4 is 12.0 Å². The molecule has 0 saturated heterocycles. The molecule has 3 N–H and O–H groups in total. The van der Waals surface area contributed by atoms with Gasteiger partial charge in [0.1, 0.15) is 6.04 Å². The molecule has 0 aliphatic heterocycles. The van der Waals surface area contributed by atoms with Crippen molar-refractivity contribution in [3.63, 3.8) is 0 Å². The molecule has 0 fully saturated rings. The number of nitrogens with one attached hydrogen (secondary N) is 2. The quantitative estimate of drug-likeness (QED) is 0.615. The van der Waals surface area contributed by atoms with Gasteiger partial charge in [0.2, 0.25) is 0 Å². The fourth-order valence-electron chi connectivity index (χ4n) is 1.03. The Balaban J connectivity index is 4.22. The summed E-state index contributed by atoms with van der Waals surface area (Å²) in [7, 11) is 0. The number of carbonyl (C=O) groups is 2. The van der Waals surface area contributed by atoms with Crippen molar-refractivity contribution in [1.82, 2.24) is 10.6 Å². The molecule has 1 atom stereocenters. The first-order valence-corrected chi connectivity index (χ1v) is 5.13. The van der Waals surface area contributed by atoms with E-state index in [0.29, 0.717) is 6.42 Å². The third-order valence-corrected chi connectivity index (χ3v) is 1.98. The summed E-state index contributed by atoms with van der Waals surface area (Å²) in [5.74, 6) is -5.67. The first kappa shape index (κ1) is 16.5. The lowest BCUT2D eigenvalue weighted by atomic mass is 10.2. The normalized spacial score (nSPS) is 13.2. The standard InChI is InChI=1S/C9H14F4N2O3/c1-2-3-5(6(16)17)15-8(18)14-4-9(12,13)7(10)11/h5,7H,2-4H2,1H3,(H,16,17)(H2,14,15,18)/t5-/m0/s1. The van der Waals surface area contributed by atoms with Gasteiger partial charge in [0.15, 0.2) is 0 Å². The minimum absolute atomic E-state index is 0.105. The molecule has 0 aromatic rings. The zero-order chi connectivity index (χ0) is 14.3. The van der Waals surface area contributed by atoms with Gasteiger partial charge >= 0.3 is 24.3 Å². The predicted octanol–water partition coefficient (Wildman–Crippen LogP) is 1.44. The Morgan fingerprint density at radius 2 is 1.89 bits per heavy atom. The lowest BCUT2D eigenvalue weighted by Crippen LogP contribution is -2.50. The highest BCUT2D eigenvalue weighted by atomic mass is 19.3. The average Bonchev–Trinajstić information content (AvgIpc) is 2.25. The van der Waals surface area contributed by atoms with E-state index in [1.807, 2.05) is 5.32 Å². The summed E-state index contributed by atoms with van der Waals surface area (Å²) in [5.41, 5.74) is 0. The molecule has 9 heteroatoms. The molecule has 0 unspecified atom stereocenters. The molecule has 0 radical (unpaired) electrons. The Bertz CT molecular complexity index is 300. The maximum atomic E-state index is 12.4. The van der Waals surface area contributed by atoms with Crippen LogP contribution in [-0.4, -0.2) is 42.0 Å². The van der Waals surface area contributed by atoms with E-state index in [4.69, 9.17) is 5.11 Å². The molecule has 0 aromatic carbocycles. The van der Waals surface area contributed by atoms with Gasteiger partial charge in [-0.05, 0) is 6.42 Å². The van der Waals surface area contributed by atoms with E-state index >= 15 is 0 Å². The molecule has 106 valence electrons. The SMILES string of the molecule is CCC[C@H](NC(=O)NCC(F)(F)C(F)F)C(=O)O. The maximum absolute atomic E-state index is 12.4. The van der Waals surface area contributed by atoms with Crippen LogP contribution in [0.1, 0.15) is 19.8 Å². The molecular weight excluding hydrogens is 260 g/mol. The summed E-state index contributed by atoms with van der Waals surface area (Å²) >= 11 is 0. The van der Waals surface area contributed by atoms with E-state index in [1.165, 1.54) is 5.32 Å². The van der Waals surface area contributed by atoms with Crippen molar-refractivity contribution in [2.75, 3.05) is 6.54 Å². The number of halogens is 4. The predicted molar refractivity (Wildman–Crippen MR) is 53.8 cm³/mol. The van der Waals surface area contributed by atoms with Crippen molar-refractivity contribution in [3.05, 3.63) is 0 Å². The molecule has 18 heavy (non-hydrogen) atoms. The molecule has 0 spiro atoms. The first-order chi connectivity index (χ1) is 8.20. The second kappa shape index (κ2) is 7.02. The number of carbonyl (C=O) groups excluding carboxylic acids is 1. The van der Waals surface area contributed by atoms with Gasteiger partial charge in [0.25, 0.3) is 0 Å². The third-order valence-electron chi connectivity index (χ3n) is 1.98. The van der Waals surface area contributed by atoms with Crippen LogP contribution in [-0.2, 0) is 4.79 Å². The van der Waals surface area contributed by atoms with Gasteiger partial charge < -0.3 is 15.7 Å². The molecule has 0 aliphatic carbocycles. The van der Waals surface area contributed by atoms with Crippen molar-refractivity contribution in [1.29, 1.82) is 0 Å². The first-order valence-electron chi connectivity index (χ1n) is 5.13. The highest BCUT2D eigenvalue weighted by molar-refractivity contribution is 5.82. The van der Waals surface area contributed by atoms with Gasteiger partial charge in [-0.15, -0.1) is 0 Å². The van der Waals surface area contributed by atoms with Crippen LogP contribution >= 0.6 is 0 Å². The van der Waals surface area contributed by atoms with Crippen molar-refractivity contribution < 1.29 is 32.3 Å². The van der Waals surface area contributed by atoms with E-state index in [2.05, 4.69) is 0 Å². The van der Waals surface area contributed by atoms with Gasteiger partial charge in [0, 0.05) is 0 Å². The van der Waals surface area contributed by atoms with Crippen LogP contribution in [0, 0.1) is 0 Å². The van der Waals surface area contributed by atoms with Crippen LogP contribution in [0.25, 0.3) is 0 Å². The number of carboxylic acid groups (broad SMARTS) is 1. The van der Waals surface area contributed by atoms with Crippen LogP contribution in [0.5, 0.6) is 0 Å². The number of hydrogen-bond acceptors (Lipinski definition) is 2. The number of hydrogen-bond donors (Lipinski definition) is 3. The molecule has 0 heterocycles. The topological polar surface area (TPSA) is 78.4 Å². The van der Waals surface area contributed by atoms with E-state index in [-0.39, 0.29) is 6.42 Å². The second-order valence-electron chi connectivity index (χ2n) is 3.57. The molecule has 5 nitrogen and oxygen atoms in total. The van der Waals surface area contributed by atoms with Crippen LogP contribution in [0.15, 0.2) is 0 Å². The Hall–Kier alpha value is -1.54. The van der Waals surface area contributed by atoms with Gasteiger partial charge in [-0.1, -0.05) is 13.3 Å². The monoisotopic (exact) mass is 274 g/mol. The maximum Gasteiger partial charge on any atom is 0.326 e. The molecule has 0 saturated carbocycles. The Morgan fingerprint density at radius 3 is 2.28 bits per heavy atom. The lowest BCUT2D eigenvalue weighted by molar-refractivity contribution is -0.139. The average molecular weight is 274 g/mol. The van der Waals surface area contributed by atoms with Gasteiger partial charge in [-0.25, -0.2) is 18.4 Å². The third kappa shape index (κ3) is 5.69. The smallest absolute Gasteiger partial charge is 0.326 e.